The third-order valence-corrected chi connectivity index (χ3v) is 6.45. The molecule has 0 radical (unpaired) electrons. The fraction of sp³-hybridized carbons (Fsp3) is 0.346. The number of fused-ring (bicyclic) bond motifs is 1. The first-order chi connectivity index (χ1) is 17.9. The molecule has 0 aliphatic heterocycles. The fourth-order valence-corrected chi connectivity index (χ4v) is 4.27. The second kappa shape index (κ2) is 11.4. The SMILES string of the molecule is CC=C(Cl)C(=CCC)N(CC(=O)N(CC)CC)c1nnc(-c2c[nH]c3ncc(-c4cnn(C)c4)cc23)o1. The molecule has 0 aliphatic rings. The number of hydrogen-bond acceptors (Lipinski definition) is 7. The molecule has 1 N–H and O–H groups in total. The van der Waals surface area contributed by atoms with Crippen LogP contribution in [0.5, 0.6) is 0 Å². The Bertz CT molecular complexity index is 1440. The third-order valence-electron chi connectivity index (χ3n) is 6.04. The maximum Gasteiger partial charge on any atom is 0.323 e. The van der Waals surface area contributed by atoms with Crippen LogP contribution in [0.1, 0.15) is 34.1 Å². The lowest BCUT2D eigenvalue weighted by Gasteiger charge is -2.26. The van der Waals surface area contributed by atoms with Crippen molar-refractivity contribution in [1.29, 1.82) is 0 Å². The van der Waals surface area contributed by atoms with Gasteiger partial charge in [0, 0.05) is 55.2 Å². The van der Waals surface area contributed by atoms with Gasteiger partial charge in [-0.15, -0.1) is 5.10 Å². The maximum atomic E-state index is 13.1. The topological polar surface area (TPSA) is 109 Å². The van der Waals surface area contributed by atoms with Crippen molar-refractivity contribution in [3.63, 3.8) is 0 Å². The molecule has 4 aromatic heterocycles. The van der Waals surface area contributed by atoms with E-state index in [0.29, 0.717) is 47.3 Å². The Morgan fingerprint density at radius 3 is 2.62 bits per heavy atom. The van der Waals surface area contributed by atoms with Crippen molar-refractivity contribution in [1.82, 2.24) is 34.8 Å². The van der Waals surface area contributed by atoms with E-state index in [4.69, 9.17) is 16.0 Å². The molecule has 11 heteroatoms. The zero-order valence-corrected chi connectivity index (χ0v) is 22.5. The van der Waals surface area contributed by atoms with Gasteiger partial charge in [-0.3, -0.25) is 14.4 Å². The number of H-pyrrole nitrogens is 1. The highest BCUT2D eigenvalue weighted by Crippen LogP contribution is 2.33. The number of pyridine rings is 1. The van der Waals surface area contributed by atoms with Crippen molar-refractivity contribution in [3.8, 4) is 22.6 Å². The van der Waals surface area contributed by atoms with Gasteiger partial charge < -0.3 is 14.3 Å². The zero-order valence-electron chi connectivity index (χ0n) is 21.7. The van der Waals surface area contributed by atoms with Gasteiger partial charge in [-0.25, -0.2) is 4.98 Å². The molecule has 0 fully saturated rings. The van der Waals surface area contributed by atoms with Gasteiger partial charge in [0.15, 0.2) is 0 Å². The molecule has 194 valence electrons. The highest BCUT2D eigenvalue weighted by atomic mass is 35.5. The Hall–Kier alpha value is -3.92. The second-order valence-electron chi connectivity index (χ2n) is 8.40. The van der Waals surface area contributed by atoms with Crippen LogP contribution in [0.15, 0.2) is 58.2 Å². The minimum atomic E-state index is -0.0651. The van der Waals surface area contributed by atoms with Crippen molar-refractivity contribution in [2.24, 2.45) is 7.05 Å². The smallest absolute Gasteiger partial charge is 0.323 e. The number of likely N-dealkylation sites (N-methyl/N-ethyl adjacent to an activating group) is 1. The van der Waals surface area contributed by atoms with E-state index in [2.05, 4.69) is 25.3 Å². The monoisotopic (exact) mass is 522 g/mol. The van der Waals surface area contributed by atoms with Crippen LogP contribution in [0, 0.1) is 0 Å². The summed E-state index contributed by atoms with van der Waals surface area (Å²) < 4.78 is 7.90. The Labute approximate surface area is 220 Å². The first kappa shape index (κ1) is 26.2. The number of amides is 1. The molecule has 0 aliphatic carbocycles. The van der Waals surface area contributed by atoms with Crippen molar-refractivity contribution in [3.05, 3.63) is 53.7 Å². The van der Waals surface area contributed by atoms with E-state index in [0.717, 1.165) is 16.5 Å². The first-order valence-corrected chi connectivity index (χ1v) is 12.7. The highest BCUT2D eigenvalue weighted by Gasteiger charge is 2.26. The number of aromatic nitrogens is 6. The quantitative estimate of drug-likeness (QED) is 0.288. The molecule has 0 saturated carbocycles. The van der Waals surface area contributed by atoms with E-state index in [1.807, 2.05) is 53.1 Å². The van der Waals surface area contributed by atoms with Crippen LogP contribution >= 0.6 is 11.6 Å². The molecule has 0 atom stereocenters. The molecule has 0 unspecified atom stereocenters. The van der Waals surface area contributed by atoms with E-state index in [-0.39, 0.29) is 18.5 Å². The normalized spacial score (nSPS) is 12.4. The first-order valence-electron chi connectivity index (χ1n) is 12.3. The predicted molar refractivity (Wildman–Crippen MR) is 145 cm³/mol. The molecular weight excluding hydrogens is 492 g/mol. The number of allylic oxidation sites excluding steroid dienone is 3. The van der Waals surface area contributed by atoms with Crippen LogP contribution in [0.3, 0.4) is 0 Å². The summed E-state index contributed by atoms with van der Waals surface area (Å²) in [5.74, 6) is 0.240. The van der Waals surface area contributed by atoms with E-state index >= 15 is 0 Å². The minimum absolute atomic E-state index is 0.0137. The summed E-state index contributed by atoms with van der Waals surface area (Å²) in [5.41, 5.74) is 3.91. The number of aryl methyl sites for hydroxylation is 1. The average molecular weight is 523 g/mol. The zero-order chi connectivity index (χ0) is 26.5. The molecule has 0 aromatic carbocycles. The molecule has 0 saturated heterocycles. The Morgan fingerprint density at radius 1 is 1.19 bits per heavy atom. The summed E-state index contributed by atoms with van der Waals surface area (Å²) in [6.07, 6.45) is 11.7. The van der Waals surface area contributed by atoms with E-state index < -0.39 is 0 Å². The molecule has 37 heavy (non-hydrogen) atoms. The molecule has 0 spiro atoms. The predicted octanol–water partition coefficient (Wildman–Crippen LogP) is 5.12. The molecule has 10 nitrogen and oxygen atoms in total. The molecule has 4 aromatic rings. The Balaban J connectivity index is 1.75. The number of anilines is 1. The molecule has 4 heterocycles. The van der Waals surface area contributed by atoms with Crippen molar-refractivity contribution < 1.29 is 9.21 Å². The Kier molecular flexibility index (Phi) is 8.08. The molecule has 1 amide bonds. The van der Waals surface area contributed by atoms with Crippen LogP contribution < -0.4 is 4.90 Å². The van der Waals surface area contributed by atoms with Gasteiger partial charge in [0.25, 0.3) is 5.89 Å². The maximum absolute atomic E-state index is 13.1. The van der Waals surface area contributed by atoms with Crippen LogP contribution in [-0.2, 0) is 11.8 Å². The van der Waals surface area contributed by atoms with Gasteiger partial charge in [0.05, 0.1) is 22.5 Å². The number of hydrogen-bond donors (Lipinski definition) is 1. The summed E-state index contributed by atoms with van der Waals surface area (Å²) in [4.78, 5) is 24.2. The summed E-state index contributed by atoms with van der Waals surface area (Å²) in [5, 5.41) is 14.2. The summed E-state index contributed by atoms with van der Waals surface area (Å²) in [6.45, 7) is 8.95. The lowest BCUT2D eigenvalue weighted by Crippen LogP contribution is -2.40. The largest absolute Gasteiger partial charge is 0.403 e. The van der Waals surface area contributed by atoms with Gasteiger partial charge in [0.2, 0.25) is 5.91 Å². The minimum Gasteiger partial charge on any atom is -0.403 e. The molecule has 4 rings (SSSR count). The molecular formula is C26H31ClN8O2. The average Bonchev–Trinajstić information content (AvgIpc) is 3.65. The number of rotatable bonds is 10. The van der Waals surface area contributed by atoms with Gasteiger partial charge in [-0.05, 0) is 33.3 Å². The van der Waals surface area contributed by atoms with Crippen molar-refractivity contribution in [2.45, 2.75) is 34.1 Å². The standard InChI is InChI=1S/C26H31ClN8O2/c1-6-10-22(21(27)7-2)35(16-23(36)34(8-3)9-4)26-32-31-25(37-26)20-14-29-24-19(20)11-17(12-28-24)18-13-30-33(5)15-18/h7,10-15H,6,8-9,16H2,1-5H3,(H,28,29). The Morgan fingerprint density at radius 2 is 1.97 bits per heavy atom. The number of nitrogens with zero attached hydrogens (tertiary/aromatic N) is 7. The number of halogens is 1. The van der Waals surface area contributed by atoms with Gasteiger partial charge in [0.1, 0.15) is 12.2 Å². The second-order valence-corrected chi connectivity index (χ2v) is 8.81. The summed E-state index contributed by atoms with van der Waals surface area (Å²) in [7, 11) is 1.87. The lowest BCUT2D eigenvalue weighted by molar-refractivity contribution is -0.129. The van der Waals surface area contributed by atoms with Crippen LogP contribution in [-0.4, -0.2) is 60.4 Å². The summed E-state index contributed by atoms with van der Waals surface area (Å²) in [6, 6.07) is 2.19. The van der Waals surface area contributed by atoms with Crippen molar-refractivity contribution in [2.75, 3.05) is 24.5 Å². The van der Waals surface area contributed by atoms with E-state index in [9.17, 15) is 4.79 Å². The van der Waals surface area contributed by atoms with E-state index in [1.165, 1.54) is 0 Å². The van der Waals surface area contributed by atoms with Gasteiger partial charge >= 0.3 is 6.01 Å². The molecule has 0 bridgehead atoms. The number of aromatic amines is 1. The lowest BCUT2D eigenvalue weighted by atomic mass is 10.1. The number of nitrogens with one attached hydrogen (secondary N) is 1. The van der Waals surface area contributed by atoms with Gasteiger partial charge in [-0.1, -0.05) is 35.8 Å². The van der Waals surface area contributed by atoms with Crippen LogP contribution in [0.2, 0.25) is 0 Å². The van der Waals surface area contributed by atoms with E-state index in [1.54, 1.807) is 39.1 Å². The van der Waals surface area contributed by atoms with Crippen LogP contribution in [0.4, 0.5) is 6.01 Å². The summed E-state index contributed by atoms with van der Waals surface area (Å²) >= 11 is 6.56. The van der Waals surface area contributed by atoms with Crippen LogP contribution in [0.25, 0.3) is 33.6 Å². The number of carbonyl (C=O) groups excluding carboxylic acids is 1. The highest BCUT2D eigenvalue weighted by molar-refractivity contribution is 6.32. The van der Waals surface area contributed by atoms with Crippen molar-refractivity contribution >= 4 is 34.6 Å². The third kappa shape index (κ3) is 5.43. The van der Waals surface area contributed by atoms with Gasteiger partial charge in [-0.2, -0.15) is 5.10 Å². The number of carbonyl (C=O) groups is 1. The fourth-order valence-electron chi connectivity index (χ4n) is 4.09.